The average Bonchev–Trinajstić information content (AvgIpc) is 2.41. The van der Waals surface area contributed by atoms with Crippen molar-refractivity contribution in [3.63, 3.8) is 0 Å². The summed E-state index contributed by atoms with van der Waals surface area (Å²) in [6, 6.07) is 7.13. The minimum absolute atomic E-state index is 0.0584. The molecule has 0 saturated heterocycles. The van der Waals surface area contributed by atoms with Gasteiger partial charge in [0, 0.05) is 30.9 Å². The van der Waals surface area contributed by atoms with Gasteiger partial charge in [0.1, 0.15) is 5.82 Å². The van der Waals surface area contributed by atoms with Crippen LogP contribution in [0.3, 0.4) is 0 Å². The molecule has 0 atom stereocenters. The molecule has 19 heavy (non-hydrogen) atoms. The van der Waals surface area contributed by atoms with E-state index in [1.165, 1.54) is 35.0 Å². The third kappa shape index (κ3) is 3.58. The molecule has 0 spiro atoms. The van der Waals surface area contributed by atoms with Crippen molar-refractivity contribution in [3.05, 3.63) is 64.6 Å². The number of ketones is 1. The Balaban J connectivity index is 1.89. The van der Waals surface area contributed by atoms with Crippen LogP contribution in [0, 0.1) is 5.82 Å². The van der Waals surface area contributed by atoms with Gasteiger partial charge in [-0.2, -0.15) is 0 Å². The van der Waals surface area contributed by atoms with Crippen molar-refractivity contribution in [2.24, 2.45) is 0 Å². The number of hydrogen-bond donors (Lipinski definition) is 0. The first-order valence-corrected chi connectivity index (χ1v) is 5.97. The van der Waals surface area contributed by atoms with E-state index in [4.69, 9.17) is 0 Å². The van der Waals surface area contributed by atoms with Gasteiger partial charge >= 0.3 is 5.69 Å². The van der Waals surface area contributed by atoms with E-state index >= 15 is 0 Å². The van der Waals surface area contributed by atoms with E-state index in [2.05, 4.69) is 4.98 Å². The molecule has 2 aromatic rings. The number of Topliss-reactive ketones (excluding diaryl/α,β-unsaturated/α-hetero) is 1. The van der Waals surface area contributed by atoms with E-state index in [0.717, 1.165) is 0 Å². The van der Waals surface area contributed by atoms with Crippen LogP contribution in [0.5, 0.6) is 0 Å². The van der Waals surface area contributed by atoms with Crippen LogP contribution < -0.4 is 5.69 Å². The number of carbonyl (C=O) groups excluding carboxylic acids is 1. The fourth-order valence-electron chi connectivity index (χ4n) is 1.75. The van der Waals surface area contributed by atoms with Crippen molar-refractivity contribution in [2.75, 3.05) is 0 Å². The smallest absolute Gasteiger partial charge is 0.299 e. The van der Waals surface area contributed by atoms with Crippen LogP contribution in [-0.2, 0) is 6.54 Å². The van der Waals surface area contributed by atoms with E-state index in [-0.39, 0.29) is 17.3 Å². The summed E-state index contributed by atoms with van der Waals surface area (Å²) >= 11 is 0. The van der Waals surface area contributed by atoms with Gasteiger partial charge in [0.25, 0.3) is 0 Å². The summed E-state index contributed by atoms with van der Waals surface area (Å²) in [7, 11) is 0. The van der Waals surface area contributed by atoms with Gasteiger partial charge in [0.2, 0.25) is 0 Å². The van der Waals surface area contributed by atoms with Gasteiger partial charge in [-0.1, -0.05) is 0 Å². The molecule has 0 radical (unpaired) electrons. The summed E-state index contributed by atoms with van der Waals surface area (Å²) in [4.78, 5) is 26.8. The fourth-order valence-corrected chi connectivity index (χ4v) is 1.75. The highest BCUT2D eigenvalue weighted by Crippen LogP contribution is 2.07. The number of rotatable bonds is 5. The van der Waals surface area contributed by atoms with Gasteiger partial charge in [-0.25, -0.2) is 14.2 Å². The fraction of sp³-hybridized carbons (Fsp3) is 0.214. The molecule has 0 bridgehead atoms. The summed E-state index contributed by atoms with van der Waals surface area (Å²) in [6.07, 6.45) is 3.93. The Kier molecular flexibility index (Phi) is 4.18. The normalized spacial score (nSPS) is 10.4. The minimum Gasteiger partial charge on any atom is -0.299 e. The zero-order valence-corrected chi connectivity index (χ0v) is 10.3. The molecule has 4 nitrogen and oxygen atoms in total. The molecule has 5 heteroatoms. The monoisotopic (exact) mass is 260 g/mol. The molecular weight excluding hydrogens is 247 g/mol. The molecule has 98 valence electrons. The molecule has 0 fully saturated rings. The Morgan fingerprint density at radius 1 is 1.26 bits per heavy atom. The van der Waals surface area contributed by atoms with Crippen LogP contribution in [0.2, 0.25) is 0 Å². The molecule has 0 saturated carbocycles. The number of carbonyl (C=O) groups is 1. The lowest BCUT2D eigenvalue weighted by Gasteiger charge is -2.04. The molecule has 0 aliphatic heterocycles. The van der Waals surface area contributed by atoms with Crippen molar-refractivity contribution in [1.29, 1.82) is 0 Å². The van der Waals surface area contributed by atoms with Crippen LogP contribution >= 0.6 is 0 Å². The topological polar surface area (TPSA) is 52.0 Å². The van der Waals surface area contributed by atoms with E-state index in [1.807, 2.05) is 0 Å². The second kappa shape index (κ2) is 6.04. The number of halogens is 1. The van der Waals surface area contributed by atoms with Crippen LogP contribution in [0.25, 0.3) is 0 Å². The first kappa shape index (κ1) is 13.1. The van der Waals surface area contributed by atoms with Crippen molar-refractivity contribution in [3.8, 4) is 0 Å². The molecule has 1 aromatic carbocycles. The van der Waals surface area contributed by atoms with Crippen molar-refractivity contribution < 1.29 is 9.18 Å². The van der Waals surface area contributed by atoms with Crippen LogP contribution in [0.4, 0.5) is 4.39 Å². The number of hydrogen-bond acceptors (Lipinski definition) is 3. The predicted molar refractivity (Wildman–Crippen MR) is 68.5 cm³/mol. The van der Waals surface area contributed by atoms with Crippen LogP contribution in [-0.4, -0.2) is 15.3 Å². The highest BCUT2D eigenvalue weighted by molar-refractivity contribution is 5.95. The Morgan fingerprint density at radius 2 is 2.00 bits per heavy atom. The van der Waals surface area contributed by atoms with E-state index in [1.54, 1.807) is 12.3 Å². The summed E-state index contributed by atoms with van der Waals surface area (Å²) in [5.41, 5.74) is 0.164. The molecule has 0 amide bonds. The third-order valence-corrected chi connectivity index (χ3v) is 2.75. The molecule has 1 heterocycles. The SMILES string of the molecule is O=C(CCCn1cccnc1=O)c1ccc(F)cc1. The Morgan fingerprint density at radius 3 is 2.68 bits per heavy atom. The highest BCUT2D eigenvalue weighted by atomic mass is 19.1. The predicted octanol–water partition coefficient (Wildman–Crippen LogP) is 2.05. The van der Waals surface area contributed by atoms with E-state index in [0.29, 0.717) is 24.9 Å². The summed E-state index contributed by atoms with van der Waals surface area (Å²) in [6.45, 7) is 0.444. The summed E-state index contributed by atoms with van der Waals surface area (Å²) in [5, 5.41) is 0. The Labute approximate surface area is 109 Å². The van der Waals surface area contributed by atoms with Crippen molar-refractivity contribution >= 4 is 5.78 Å². The largest absolute Gasteiger partial charge is 0.347 e. The number of aryl methyl sites for hydroxylation is 1. The van der Waals surface area contributed by atoms with E-state index < -0.39 is 0 Å². The minimum atomic E-state index is -0.363. The lowest BCUT2D eigenvalue weighted by atomic mass is 10.1. The molecule has 2 rings (SSSR count). The van der Waals surface area contributed by atoms with Gasteiger partial charge in [0.15, 0.2) is 5.78 Å². The quantitative estimate of drug-likeness (QED) is 0.773. The van der Waals surface area contributed by atoms with Gasteiger partial charge < -0.3 is 0 Å². The molecule has 0 aliphatic carbocycles. The van der Waals surface area contributed by atoms with Crippen molar-refractivity contribution in [2.45, 2.75) is 19.4 Å². The molecule has 0 aliphatic rings. The average molecular weight is 260 g/mol. The first-order chi connectivity index (χ1) is 9.16. The van der Waals surface area contributed by atoms with E-state index in [9.17, 15) is 14.0 Å². The van der Waals surface area contributed by atoms with Crippen LogP contribution in [0.15, 0.2) is 47.5 Å². The third-order valence-electron chi connectivity index (χ3n) is 2.75. The summed E-state index contributed by atoms with van der Waals surface area (Å²) in [5.74, 6) is -0.421. The zero-order valence-electron chi connectivity index (χ0n) is 10.3. The maximum Gasteiger partial charge on any atom is 0.347 e. The Bertz CT molecular complexity index is 620. The second-order valence-corrected chi connectivity index (χ2v) is 4.13. The highest BCUT2D eigenvalue weighted by Gasteiger charge is 2.06. The number of aromatic nitrogens is 2. The molecular formula is C14H13FN2O2. The maximum absolute atomic E-state index is 12.7. The molecule has 0 N–H and O–H groups in total. The maximum atomic E-state index is 12.7. The van der Waals surface area contributed by atoms with Gasteiger partial charge in [-0.3, -0.25) is 9.36 Å². The lowest BCUT2D eigenvalue weighted by Crippen LogP contribution is -2.21. The Hall–Kier alpha value is -2.30. The lowest BCUT2D eigenvalue weighted by molar-refractivity contribution is 0.0978. The molecule has 1 aromatic heterocycles. The second-order valence-electron chi connectivity index (χ2n) is 4.13. The number of benzene rings is 1. The standard InChI is InChI=1S/C14H13FN2O2/c15-12-6-4-11(5-7-12)13(18)3-1-9-17-10-2-8-16-14(17)19/h2,4-8,10H,1,3,9H2. The first-order valence-electron chi connectivity index (χ1n) is 5.97. The van der Waals surface area contributed by atoms with Crippen molar-refractivity contribution in [1.82, 2.24) is 9.55 Å². The zero-order chi connectivity index (χ0) is 13.7. The van der Waals surface area contributed by atoms with Gasteiger partial charge in [-0.15, -0.1) is 0 Å². The summed E-state index contributed by atoms with van der Waals surface area (Å²) < 4.78 is 14.2. The van der Waals surface area contributed by atoms with Gasteiger partial charge in [-0.05, 0) is 36.8 Å². The number of nitrogens with zero attached hydrogens (tertiary/aromatic N) is 2. The molecule has 0 unspecified atom stereocenters. The van der Waals surface area contributed by atoms with Gasteiger partial charge in [0.05, 0.1) is 0 Å². The van der Waals surface area contributed by atoms with Crippen LogP contribution in [0.1, 0.15) is 23.2 Å².